The summed E-state index contributed by atoms with van der Waals surface area (Å²) in [5.74, 6) is -1.00. The largest absolute Gasteiger partial charge is 0.469 e. The number of sulfone groups is 1. The SMILES string of the molecule is COC(=O)C[C@@H](NC(=O)c1ccc(Cl)c(S(C)(=O)=O)c1)c1ccccc1. The zero-order chi connectivity index (χ0) is 19.3. The van der Waals surface area contributed by atoms with Gasteiger partial charge in [-0.25, -0.2) is 8.42 Å². The fourth-order valence-electron chi connectivity index (χ4n) is 2.36. The molecule has 0 unspecified atom stereocenters. The highest BCUT2D eigenvalue weighted by Gasteiger charge is 2.21. The maximum Gasteiger partial charge on any atom is 0.307 e. The van der Waals surface area contributed by atoms with E-state index in [0.717, 1.165) is 11.8 Å². The summed E-state index contributed by atoms with van der Waals surface area (Å²) in [5, 5.41) is 2.78. The quantitative estimate of drug-likeness (QED) is 0.759. The topological polar surface area (TPSA) is 89.5 Å². The van der Waals surface area contributed by atoms with Crippen LogP contribution < -0.4 is 5.32 Å². The maximum absolute atomic E-state index is 12.6. The lowest BCUT2D eigenvalue weighted by Crippen LogP contribution is -2.30. The van der Waals surface area contributed by atoms with Crippen molar-refractivity contribution in [2.75, 3.05) is 13.4 Å². The molecule has 0 fully saturated rings. The molecule has 8 heteroatoms. The molecule has 0 aliphatic carbocycles. The maximum atomic E-state index is 12.6. The average Bonchev–Trinajstić information content (AvgIpc) is 2.61. The van der Waals surface area contributed by atoms with Crippen molar-refractivity contribution in [2.24, 2.45) is 0 Å². The van der Waals surface area contributed by atoms with E-state index in [1.54, 1.807) is 24.3 Å². The van der Waals surface area contributed by atoms with E-state index < -0.39 is 27.8 Å². The smallest absolute Gasteiger partial charge is 0.307 e. The standard InChI is InChI=1S/C18H18ClNO5S/c1-25-17(21)11-15(12-6-4-3-5-7-12)20-18(22)13-8-9-14(19)16(10-13)26(2,23)24/h3-10,15H,11H2,1-2H3,(H,20,22)/t15-/m1/s1. The summed E-state index contributed by atoms with van der Waals surface area (Å²) >= 11 is 5.90. The molecule has 0 heterocycles. The lowest BCUT2D eigenvalue weighted by molar-refractivity contribution is -0.141. The van der Waals surface area contributed by atoms with Crippen LogP contribution >= 0.6 is 11.6 Å². The third-order valence-electron chi connectivity index (χ3n) is 3.70. The second-order valence-electron chi connectivity index (χ2n) is 5.63. The molecule has 1 atom stereocenters. The highest BCUT2D eigenvalue weighted by atomic mass is 35.5. The van der Waals surface area contributed by atoms with E-state index in [2.05, 4.69) is 10.1 Å². The Morgan fingerprint density at radius 1 is 1.15 bits per heavy atom. The molecule has 0 saturated heterocycles. The zero-order valence-corrected chi connectivity index (χ0v) is 15.8. The molecule has 1 N–H and O–H groups in total. The molecule has 2 aromatic rings. The first-order valence-corrected chi connectivity index (χ1v) is 9.91. The predicted molar refractivity (Wildman–Crippen MR) is 97.8 cm³/mol. The summed E-state index contributed by atoms with van der Waals surface area (Å²) in [6.07, 6.45) is 0.957. The first-order chi connectivity index (χ1) is 12.2. The van der Waals surface area contributed by atoms with E-state index in [0.29, 0.717) is 0 Å². The van der Waals surface area contributed by atoms with Gasteiger partial charge in [-0.1, -0.05) is 41.9 Å². The van der Waals surface area contributed by atoms with Crippen LogP contribution in [0.15, 0.2) is 53.4 Å². The Morgan fingerprint density at radius 2 is 1.81 bits per heavy atom. The van der Waals surface area contributed by atoms with Crippen LogP contribution in [-0.4, -0.2) is 33.7 Å². The molecule has 0 aromatic heterocycles. The fraction of sp³-hybridized carbons (Fsp3) is 0.222. The summed E-state index contributed by atoms with van der Waals surface area (Å²) in [4.78, 5) is 24.1. The highest BCUT2D eigenvalue weighted by Crippen LogP contribution is 2.24. The number of benzene rings is 2. The van der Waals surface area contributed by atoms with Crippen LogP contribution in [0.25, 0.3) is 0 Å². The predicted octanol–water partition coefficient (Wildman–Crippen LogP) is 2.78. The number of amides is 1. The molecular formula is C18H18ClNO5S. The number of carbonyl (C=O) groups is 2. The van der Waals surface area contributed by atoms with Crippen molar-refractivity contribution in [3.05, 3.63) is 64.7 Å². The molecular weight excluding hydrogens is 378 g/mol. The molecule has 0 aliphatic rings. The minimum atomic E-state index is -3.58. The van der Waals surface area contributed by atoms with Gasteiger partial charge < -0.3 is 10.1 Å². The van der Waals surface area contributed by atoms with Gasteiger partial charge in [0.25, 0.3) is 5.91 Å². The van der Waals surface area contributed by atoms with Crippen LogP contribution in [-0.2, 0) is 19.4 Å². The van der Waals surface area contributed by atoms with Crippen molar-refractivity contribution in [1.29, 1.82) is 0 Å². The normalized spacial score (nSPS) is 12.3. The monoisotopic (exact) mass is 395 g/mol. The molecule has 2 rings (SSSR count). The Labute approximate surface area is 157 Å². The van der Waals surface area contributed by atoms with Crippen LogP contribution in [0.1, 0.15) is 28.4 Å². The van der Waals surface area contributed by atoms with Crippen molar-refractivity contribution in [3.8, 4) is 0 Å². The molecule has 138 valence electrons. The zero-order valence-electron chi connectivity index (χ0n) is 14.2. The number of ether oxygens (including phenoxy) is 1. The van der Waals surface area contributed by atoms with Crippen molar-refractivity contribution in [3.63, 3.8) is 0 Å². The Bertz CT molecular complexity index is 912. The first kappa shape index (κ1) is 19.9. The number of hydrogen-bond donors (Lipinski definition) is 1. The molecule has 0 radical (unpaired) electrons. The lowest BCUT2D eigenvalue weighted by Gasteiger charge is -2.18. The second-order valence-corrected chi connectivity index (χ2v) is 8.03. The molecule has 1 amide bonds. The minimum Gasteiger partial charge on any atom is -0.469 e. The summed E-state index contributed by atoms with van der Waals surface area (Å²) < 4.78 is 28.2. The molecule has 0 bridgehead atoms. The summed E-state index contributed by atoms with van der Waals surface area (Å²) in [5.41, 5.74) is 0.851. The third kappa shape index (κ3) is 5.06. The van der Waals surface area contributed by atoms with Crippen LogP contribution in [0.3, 0.4) is 0 Å². The number of halogens is 1. The number of carbonyl (C=O) groups excluding carboxylic acids is 2. The van der Waals surface area contributed by atoms with Crippen molar-refractivity contribution in [2.45, 2.75) is 17.4 Å². The number of rotatable bonds is 6. The van der Waals surface area contributed by atoms with Gasteiger partial charge >= 0.3 is 5.97 Å². The first-order valence-electron chi connectivity index (χ1n) is 7.64. The van der Waals surface area contributed by atoms with Gasteiger partial charge in [0, 0.05) is 11.8 Å². The summed E-state index contributed by atoms with van der Waals surface area (Å²) in [7, 11) is -2.31. The van der Waals surface area contributed by atoms with Crippen LogP contribution in [0, 0.1) is 0 Å². The van der Waals surface area contributed by atoms with E-state index in [-0.39, 0.29) is 21.9 Å². The van der Waals surface area contributed by atoms with Gasteiger partial charge in [0.1, 0.15) is 0 Å². The van der Waals surface area contributed by atoms with Crippen LogP contribution in [0.2, 0.25) is 5.02 Å². The van der Waals surface area contributed by atoms with Crippen LogP contribution in [0.5, 0.6) is 0 Å². The number of esters is 1. The van der Waals surface area contributed by atoms with E-state index in [1.807, 2.05) is 6.07 Å². The van der Waals surface area contributed by atoms with Crippen molar-refractivity contribution < 1.29 is 22.7 Å². The molecule has 0 saturated carbocycles. The second kappa shape index (κ2) is 8.33. The summed E-state index contributed by atoms with van der Waals surface area (Å²) in [6, 6.07) is 12.3. The number of methoxy groups -OCH3 is 1. The Hall–Kier alpha value is -2.38. The lowest BCUT2D eigenvalue weighted by atomic mass is 10.0. The molecule has 26 heavy (non-hydrogen) atoms. The Kier molecular flexibility index (Phi) is 6.39. The fourth-order valence-corrected chi connectivity index (χ4v) is 3.66. The molecule has 6 nitrogen and oxygen atoms in total. The van der Waals surface area contributed by atoms with Gasteiger partial charge in [-0.15, -0.1) is 0 Å². The van der Waals surface area contributed by atoms with Gasteiger partial charge in [-0.2, -0.15) is 0 Å². The van der Waals surface area contributed by atoms with Crippen molar-refractivity contribution >= 4 is 33.3 Å². The van der Waals surface area contributed by atoms with Gasteiger partial charge in [-0.3, -0.25) is 9.59 Å². The van der Waals surface area contributed by atoms with Gasteiger partial charge in [-0.05, 0) is 23.8 Å². The number of hydrogen-bond acceptors (Lipinski definition) is 5. The van der Waals surface area contributed by atoms with Gasteiger partial charge in [0.15, 0.2) is 9.84 Å². The van der Waals surface area contributed by atoms with Gasteiger partial charge in [0.05, 0.1) is 29.5 Å². The summed E-state index contributed by atoms with van der Waals surface area (Å²) in [6.45, 7) is 0. The van der Waals surface area contributed by atoms with E-state index in [4.69, 9.17) is 11.6 Å². The molecule has 0 aliphatic heterocycles. The Balaban J connectivity index is 2.31. The third-order valence-corrected chi connectivity index (χ3v) is 5.28. The molecule has 0 spiro atoms. The highest BCUT2D eigenvalue weighted by molar-refractivity contribution is 7.90. The van der Waals surface area contributed by atoms with Gasteiger partial charge in [0.2, 0.25) is 0 Å². The molecule has 2 aromatic carbocycles. The van der Waals surface area contributed by atoms with E-state index >= 15 is 0 Å². The van der Waals surface area contributed by atoms with Crippen LogP contribution in [0.4, 0.5) is 0 Å². The number of nitrogens with one attached hydrogen (secondary N) is 1. The van der Waals surface area contributed by atoms with E-state index in [9.17, 15) is 18.0 Å². The Morgan fingerprint density at radius 3 is 2.38 bits per heavy atom. The average molecular weight is 396 g/mol. The minimum absolute atomic E-state index is 0.0400. The van der Waals surface area contributed by atoms with E-state index in [1.165, 1.54) is 25.3 Å². The van der Waals surface area contributed by atoms with Crippen molar-refractivity contribution in [1.82, 2.24) is 5.32 Å².